The Labute approximate surface area is 70.8 Å². The highest BCUT2D eigenvalue weighted by molar-refractivity contribution is 5.19. The summed E-state index contributed by atoms with van der Waals surface area (Å²) in [6.07, 6.45) is -0.717. The molecule has 0 radical (unpaired) electrons. The van der Waals surface area contributed by atoms with E-state index in [4.69, 9.17) is 5.73 Å². The molecule has 66 valence electrons. The van der Waals surface area contributed by atoms with Gasteiger partial charge >= 0.3 is 0 Å². The van der Waals surface area contributed by atoms with Gasteiger partial charge in [0.2, 0.25) is 0 Å². The third-order valence-electron chi connectivity index (χ3n) is 1.71. The minimum absolute atomic E-state index is 0.310. The maximum absolute atomic E-state index is 12.4. The molecular weight excluding hydrogens is 157 g/mol. The summed E-state index contributed by atoms with van der Waals surface area (Å²) in [5.41, 5.74) is 6.11. The number of hydrogen-bond donors (Lipinski definition) is 2. The molecule has 1 rings (SSSR count). The normalized spacial score (nSPS) is 15.7. The van der Waals surface area contributed by atoms with E-state index < -0.39 is 6.10 Å². The monoisotopic (exact) mass is 169 g/mol. The molecule has 0 heterocycles. The van der Waals surface area contributed by atoms with Crippen molar-refractivity contribution in [2.45, 2.75) is 19.1 Å². The number of rotatable bonds is 2. The van der Waals surface area contributed by atoms with E-state index in [0.29, 0.717) is 5.56 Å². The first kappa shape index (κ1) is 9.16. The van der Waals surface area contributed by atoms with Crippen LogP contribution >= 0.6 is 0 Å². The van der Waals surface area contributed by atoms with Gasteiger partial charge in [0.15, 0.2) is 0 Å². The van der Waals surface area contributed by atoms with Crippen molar-refractivity contribution in [1.29, 1.82) is 0 Å². The Bertz CT molecular complexity index is 245. The lowest BCUT2D eigenvalue weighted by atomic mass is 10.0. The summed E-state index contributed by atoms with van der Waals surface area (Å²) in [5.74, 6) is -0.310. The van der Waals surface area contributed by atoms with E-state index >= 15 is 0 Å². The van der Waals surface area contributed by atoms with Crippen molar-refractivity contribution in [1.82, 2.24) is 0 Å². The average Bonchev–Trinajstić information content (AvgIpc) is 2.04. The molecule has 3 heteroatoms. The molecule has 2 nitrogen and oxygen atoms in total. The van der Waals surface area contributed by atoms with Crippen LogP contribution in [0.15, 0.2) is 24.3 Å². The van der Waals surface area contributed by atoms with Crippen molar-refractivity contribution in [2.24, 2.45) is 5.73 Å². The molecular formula is C9H12FNO. The summed E-state index contributed by atoms with van der Waals surface area (Å²) in [7, 11) is 0. The smallest absolute Gasteiger partial charge is 0.123 e. The van der Waals surface area contributed by atoms with Crippen molar-refractivity contribution < 1.29 is 9.50 Å². The number of aliphatic hydroxyl groups excluding tert-OH is 1. The van der Waals surface area contributed by atoms with Gasteiger partial charge in [0.05, 0.1) is 6.10 Å². The van der Waals surface area contributed by atoms with E-state index in [1.54, 1.807) is 6.92 Å². The Hall–Kier alpha value is -0.930. The van der Waals surface area contributed by atoms with Crippen molar-refractivity contribution in [3.05, 3.63) is 35.6 Å². The zero-order valence-corrected chi connectivity index (χ0v) is 6.87. The molecule has 0 spiro atoms. The summed E-state index contributed by atoms with van der Waals surface area (Å²) in [4.78, 5) is 0. The predicted octanol–water partition coefficient (Wildman–Crippen LogP) is 1.21. The summed E-state index contributed by atoms with van der Waals surface area (Å²) in [5, 5.41) is 9.44. The van der Waals surface area contributed by atoms with Gasteiger partial charge in [0.1, 0.15) is 5.82 Å². The van der Waals surface area contributed by atoms with Gasteiger partial charge in [-0.05, 0) is 24.6 Å². The zero-order chi connectivity index (χ0) is 9.14. The second-order valence-corrected chi connectivity index (χ2v) is 2.86. The zero-order valence-electron chi connectivity index (χ0n) is 6.87. The summed E-state index contributed by atoms with van der Waals surface area (Å²) in [6.45, 7) is 1.70. The van der Waals surface area contributed by atoms with Crippen LogP contribution in [0.3, 0.4) is 0 Å². The van der Waals surface area contributed by atoms with Crippen LogP contribution in [0.5, 0.6) is 0 Å². The van der Waals surface area contributed by atoms with Crippen LogP contribution in [-0.2, 0) is 0 Å². The first-order valence-corrected chi connectivity index (χ1v) is 3.80. The van der Waals surface area contributed by atoms with Crippen LogP contribution in [0.1, 0.15) is 18.6 Å². The molecule has 0 aliphatic carbocycles. The van der Waals surface area contributed by atoms with Gasteiger partial charge in [0, 0.05) is 6.04 Å². The largest absolute Gasteiger partial charge is 0.387 e. The molecule has 2 atom stereocenters. The minimum Gasteiger partial charge on any atom is -0.387 e. The highest BCUT2D eigenvalue weighted by Gasteiger charge is 2.11. The molecule has 0 saturated heterocycles. The van der Waals surface area contributed by atoms with Gasteiger partial charge in [-0.15, -0.1) is 0 Å². The van der Waals surface area contributed by atoms with Crippen molar-refractivity contribution in [3.8, 4) is 0 Å². The number of nitrogens with two attached hydrogens (primary N) is 1. The number of benzene rings is 1. The number of hydrogen-bond acceptors (Lipinski definition) is 2. The van der Waals surface area contributed by atoms with E-state index in [9.17, 15) is 9.50 Å². The first-order chi connectivity index (χ1) is 5.61. The van der Waals surface area contributed by atoms with Crippen LogP contribution in [-0.4, -0.2) is 11.1 Å². The fraction of sp³-hybridized carbons (Fsp3) is 0.333. The Morgan fingerprint density at radius 1 is 1.33 bits per heavy atom. The lowest BCUT2D eigenvalue weighted by Crippen LogP contribution is -2.24. The SMILES string of the molecule is C[C@H](N)[C@H](O)c1ccc(F)cc1. The van der Waals surface area contributed by atoms with Crippen LogP contribution in [0.4, 0.5) is 4.39 Å². The number of aliphatic hydroxyl groups is 1. The lowest BCUT2D eigenvalue weighted by Gasteiger charge is -2.14. The van der Waals surface area contributed by atoms with Crippen LogP contribution in [0.2, 0.25) is 0 Å². The van der Waals surface area contributed by atoms with Crippen LogP contribution in [0, 0.1) is 5.82 Å². The molecule has 3 N–H and O–H groups in total. The fourth-order valence-electron chi connectivity index (χ4n) is 0.964. The average molecular weight is 169 g/mol. The molecule has 1 aromatic rings. The van der Waals surface area contributed by atoms with Gasteiger partial charge in [-0.2, -0.15) is 0 Å². The summed E-state index contributed by atoms with van der Waals surface area (Å²) < 4.78 is 12.4. The van der Waals surface area contributed by atoms with E-state index in [1.807, 2.05) is 0 Å². The molecule has 0 amide bonds. The van der Waals surface area contributed by atoms with Gasteiger partial charge in [-0.3, -0.25) is 0 Å². The Morgan fingerprint density at radius 3 is 2.25 bits per heavy atom. The molecule has 0 aromatic heterocycles. The molecule has 1 aromatic carbocycles. The van der Waals surface area contributed by atoms with Crippen molar-refractivity contribution in [3.63, 3.8) is 0 Å². The molecule has 0 fully saturated rings. The Morgan fingerprint density at radius 2 is 1.83 bits per heavy atom. The van der Waals surface area contributed by atoms with E-state index in [0.717, 1.165) is 0 Å². The van der Waals surface area contributed by atoms with E-state index in [1.165, 1.54) is 24.3 Å². The Balaban J connectivity index is 2.82. The van der Waals surface area contributed by atoms with Crippen LogP contribution < -0.4 is 5.73 Å². The highest BCUT2D eigenvalue weighted by Crippen LogP contribution is 2.15. The van der Waals surface area contributed by atoms with Gasteiger partial charge < -0.3 is 10.8 Å². The van der Waals surface area contributed by atoms with Gasteiger partial charge in [-0.1, -0.05) is 12.1 Å². The standard InChI is InChI=1S/C9H12FNO/c1-6(11)9(12)7-2-4-8(10)5-3-7/h2-6,9,12H,11H2,1H3/t6-,9-/m0/s1. The highest BCUT2D eigenvalue weighted by atomic mass is 19.1. The van der Waals surface area contributed by atoms with Gasteiger partial charge in [0.25, 0.3) is 0 Å². The predicted molar refractivity (Wildman–Crippen MR) is 45.0 cm³/mol. The summed E-state index contributed by atoms with van der Waals surface area (Å²) >= 11 is 0. The molecule has 0 aliphatic heterocycles. The third-order valence-corrected chi connectivity index (χ3v) is 1.71. The Kier molecular flexibility index (Phi) is 2.78. The first-order valence-electron chi connectivity index (χ1n) is 3.80. The topological polar surface area (TPSA) is 46.2 Å². The fourth-order valence-corrected chi connectivity index (χ4v) is 0.964. The second kappa shape index (κ2) is 3.65. The third kappa shape index (κ3) is 2.03. The van der Waals surface area contributed by atoms with Crippen molar-refractivity contribution in [2.75, 3.05) is 0 Å². The summed E-state index contributed by atoms with van der Waals surface area (Å²) in [6, 6.07) is 5.34. The van der Waals surface area contributed by atoms with E-state index in [2.05, 4.69) is 0 Å². The molecule has 0 saturated carbocycles. The number of halogens is 1. The van der Waals surface area contributed by atoms with E-state index in [-0.39, 0.29) is 11.9 Å². The quantitative estimate of drug-likeness (QED) is 0.699. The van der Waals surface area contributed by atoms with Gasteiger partial charge in [-0.25, -0.2) is 4.39 Å². The minimum atomic E-state index is -0.717. The van der Waals surface area contributed by atoms with Crippen molar-refractivity contribution >= 4 is 0 Å². The molecule has 0 aliphatic rings. The molecule has 12 heavy (non-hydrogen) atoms. The maximum atomic E-state index is 12.4. The lowest BCUT2D eigenvalue weighted by molar-refractivity contribution is 0.153. The second-order valence-electron chi connectivity index (χ2n) is 2.86. The maximum Gasteiger partial charge on any atom is 0.123 e. The molecule has 0 unspecified atom stereocenters. The molecule has 0 bridgehead atoms. The van der Waals surface area contributed by atoms with Crippen LogP contribution in [0.25, 0.3) is 0 Å².